The fourth-order valence-corrected chi connectivity index (χ4v) is 2.28. The Hall–Kier alpha value is -1.41. The third kappa shape index (κ3) is 2.46. The van der Waals surface area contributed by atoms with Gasteiger partial charge in [-0.3, -0.25) is 0 Å². The summed E-state index contributed by atoms with van der Waals surface area (Å²) in [4.78, 5) is 0. The molecule has 1 aromatic carbocycles. The first-order valence-electron chi connectivity index (χ1n) is 5.57. The Bertz CT molecular complexity index is 624. The van der Waals surface area contributed by atoms with Crippen molar-refractivity contribution < 1.29 is 31.5 Å². The molecule has 1 N–H and O–H groups in total. The van der Waals surface area contributed by atoms with Crippen LogP contribution in [0.15, 0.2) is 51.6 Å². The first-order valence-corrected chi connectivity index (χ1v) is 6.37. The van der Waals surface area contributed by atoms with Gasteiger partial charge in [-0.05, 0) is 29.8 Å². The van der Waals surface area contributed by atoms with Crippen LogP contribution in [-0.2, 0) is 5.60 Å². The van der Waals surface area contributed by atoms with Gasteiger partial charge < -0.3 is 9.52 Å². The van der Waals surface area contributed by atoms with Crippen LogP contribution in [0.1, 0.15) is 11.3 Å². The lowest BCUT2D eigenvalue weighted by molar-refractivity contribution is -0.339. The highest BCUT2D eigenvalue weighted by atomic mass is 79.9. The molecule has 0 saturated carbocycles. The minimum atomic E-state index is -5.96. The molecule has 0 aliphatic rings. The van der Waals surface area contributed by atoms with E-state index in [2.05, 4.69) is 20.3 Å². The number of aliphatic hydroxyl groups is 1. The highest BCUT2D eigenvalue weighted by molar-refractivity contribution is 9.10. The van der Waals surface area contributed by atoms with Crippen LogP contribution in [0.3, 0.4) is 0 Å². The van der Waals surface area contributed by atoms with Crippen molar-refractivity contribution in [1.29, 1.82) is 0 Å². The fourth-order valence-electron chi connectivity index (χ4n) is 1.88. The Morgan fingerprint density at radius 3 is 2.14 bits per heavy atom. The summed E-state index contributed by atoms with van der Waals surface area (Å²) in [6.45, 7) is 0. The van der Waals surface area contributed by atoms with Crippen molar-refractivity contribution >= 4 is 15.9 Å². The van der Waals surface area contributed by atoms with Gasteiger partial charge in [0.25, 0.3) is 0 Å². The average Bonchev–Trinajstić information content (AvgIpc) is 2.90. The summed E-state index contributed by atoms with van der Waals surface area (Å²) in [6.07, 6.45) is -5.05. The summed E-state index contributed by atoms with van der Waals surface area (Å²) in [6, 6.07) is 6.58. The molecule has 0 amide bonds. The van der Waals surface area contributed by atoms with E-state index in [1.54, 1.807) is 0 Å². The summed E-state index contributed by atoms with van der Waals surface area (Å²) in [5.74, 6) is -6.35. The average molecular weight is 371 g/mol. The van der Waals surface area contributed by atoms with Crippen LogP contribution in [0.5, 0.6) is 0 Å². The second kappa shape index (κ2) is 5.10. The van der Waals surface area contributed by atoms with Crippen LogP contribution in [0.25, 0.3) is 0 Å². The van der Waals surface area contributed by atoms with Gasteiger partial charge in [0.2, 0.25) is 5.60 Å². The Morgan fingerprint density at radius 1 is 1.00 bits per heavy atom. The van der Waals surface area contributed by atoms with Crippen molar-refractivity contribution in [2.45, 2.75) is 17.7 Å². The zero-order valence-corrected chi connectivity index (χ0v) is 11.8. The maximum absolute atomic E-state index is 13.9. The topological polar surface area (TPSA) is 33.4 Å². The fraction of sp³-hybridized carbons (Fsp3) is 0.231. The second-order valence-electron chi connectivity index (χ2n) is 4.27. The molecule has 1 heterocycles. The zero-order chi connectivity index (χ0) is 15.9. The summed E-state index contributed by atoms with van der Waals surface area (Å²) in [5.41, 5.74) is -4.31. The van der Waals surface area contributed by atoms with Crippen LogP contribution in [-0.4, -0.2) is 17.2 Å². The Morgan fingerprint density at radius 2 is 1.67 bits per heavy atom. The minimum Gasteiger partial charge on any atom is -0.466 e. The van der Waals surface area contributed by atoms with Crippen molar-refractivity contribution in [3.63, 3.8) is 0 Å². The number of rotatable bonds is 3. The van der Waals surface area contributed by atoms with E-state index >= 15 is 0 Å². The number of hydrogen-bond donors (Lipinski definition) is 1. The van der Waals surface area contributed by atoms with E-state index in [0.29, 0.717) is 0 Å². The van der Waals surface area contributed by atoms with Gasteiger partial charge in [0.1, 0.15) is 5.76 Å². The minimum absolute atomic E-state index is 0.239. The molecule has 0 radical (unpaired) electrons. The van der Waals surface area contributed by atoms with E-state index in [1.807, 2.05) is 0 Å². The van der Waals surface area contributed by atoms with Gasteiger partial charge >= 0.3 is 12.1 Å². The molecule has 2 rings (SSSR count). The molecule has 0 saturated heterocycles. The van der Waals surface area contributed by atoms with E-state index in [0.717, 1.165) is 30.5 Å². The number of furan rings is 1. The summed E-state index contributed by atoms with van der Waals surface area (Å²) in [5, 5.41) is 10.2. The smallest absolute Gasteiger partial charge is 0.457 e. The summed E-state index contributed by atoms with van der Waals surface area (Å²) >= 11 is 2.97. The molecule has 0 aliphatic heterocycles. The molecule has 0 spiro atoms. The van der Waals surface area contributed by atoms with Crippen molar-refractivity contribution in [2.24, 2.45) is 0 Å². The third-order valence-corrected chi connectivity index (χ3v) is 3.42. The first kappa shape index (κ1) is 16.0. The molecule has 1 aromatic heterocycles. The van der Waals surface area contributed by atoms with Crippen LogP contribution < -0.4 is 0 Å². The molecule has 0 bridgehead atoms. The molecule has 8 heteroatoms. The number of hydrogen-bond acceptors (Lipinski definition) is 2. The van der Waals surface area contributed by atoms with Gasteiger partial charge in [-0.2, -0.15) is 22.0 Å². The van der Waals surface area contributed by atoms with Crippen molar-refractivity contribution in [2.75, 3.05) is 0 Å². The Kier molecular flexibility index (Phi) is 3.88. The summed E-state index contributed by atoms with van der Waals surface area (Å²) < 4.78 is 70.9. The molecule has 1 atom stereocenters. The SMILES string of the molecule is OC(c1cccc(Br)c1)(c1ccco1)C(F)(F)C(F)(F)F. The lowest BCUT2D eigenvalue weighted by Crippen LogP contribution is -2.55. The molecular weight excluding hydrogens is 363 g/mol. The maximum Gasteiger partial charge on any atom is 0.457 e. The molecule has 0 aliphatic carbocycles. The van der Waals surface area contributed by atoms with Crippen LogP contribution in [0.4, 0.5) is 22.0 Å². The number of alkyl halides is 5. The first-order chi connectivity index (χ1) is 9.60. The number of halogens is 6. The van der Waals surface area contributed by atoms with Crippen molar-refractivity contribution in [1.82, 2.24) is 0 Å². The van der Waals surface area contributed by atoms with Gasteiger partial charge in [0, 0.05) is 4.47 Å². The van der Waals surface area contributed by atoms with Gasteiger partial charge in [0.05, 0.1) is 6.26 Å². The summed E-state index contributed by atoms with van der Waals surface area (Å²) in [7, 11) is 0. The van der Waals surface area contributed by atoms with Crippen molar-refractivity contribution in [3.05, 3.63) is 58.5 Å². The largest absolute Gasteiger partial charge is 0.466 e. The van der Waals surface area contributed by atoms with Crippen LogP contribution in [0.2, 0.25) is 0 Å². The van der Waals surface area contributed by atoms with Crippen molar-refractivity contribution in [3.8, 4) is 0 Å². The van der Waals surface area contributed by atoms with E-state index in [9.17, 15) is 27.1 Å². The molecule has 0 fully saturated rings. The molecule has 2 aromatic rings. The molecule has 2 nitrogen and oxygen atoms in total. The van der Waals surface area contributed by atoms with E-state index in [1.165, 1.54) is 12.1 Å². The van der Waals surface area contributed by atoms with E-state index < -0.39 is 29.0 Å². The third-order valence-electron chi connectivity index (χ3n) is 2.93. The highest BCUT2D eigenvalue weighted by Crippen LogP contribution is 2.52. The Balaban J connectivity index is 2.73. The second-order valence-corrected chi connectivity index (χ2v) is 5.19. The quantitative estimate of drug-likeness (QED) is 0.808. The molecule has 1 unspecified atom stereocenters. The lowest BCUT2D eigenvalue weighted by Gasteiger charge is -2.35. The van der Waals surface area contributed by atoms with Gasteiger partial charge in [-0.1, -0.05) is 28.1 Å². The standard InChI is InChI=1S/C13H8BrF5O2/c14-9-4-1-3-8(7-9)11(20,10-5-2-6-21-10)12(15,16)13(17,18)19/h1-7,20H. The predicted octanol–water partition coefficient (Wildman–Crippen LogP) is 4.48. The number of benzene rings is 1. The van der Waals surface area contributed by atoms with Crippen LogP contribution in [0, 0.1) is 0 Å². The monoisotopic (exact) mass is 370 g/mol. The predicted molar refractivity (Wildman–Crippen MR) is 66.9 cm³/mol. The Labute approximate surface area is 124 Å². The normalized spacial score (nSPS) is 15.8. The van der Waals surface area contributed by atoms with E-state index in [-0.39, 0.29) is 4.47 Å². The zero-order valence-electron chi connectivity index (χ0n) is 10.2. The molecule has 21 heavy (non-hydrogen) atoms. The molecule has 114 valence electrons. The lowest BCUT2D eigenvalue weighted by atomic mass is 9.84. The van der Waals surface area contributed by atoms with E-state index in [4.69, 9.17) is 0 Å². The van der Waals surface area contributed by atoms with Crippen LogP contribution >= 0.6 is 15.9 Å². The van der Waals surface area contributed by atoms with Gasteiger partial charge in [-0.15, -0.1) is 0 Å². The highest BCUT2D eigenvalue weighted by Gasteiger charge is 2.72. The van der Waals surface area contributed by atoms with Gasteiger partial charge in [-0.25, -0.2) is 0 Å². The molecular formula is C13H8BrF5O2. The van der Waals surface area contributed by atoms with Gasteiger partial charge in [0.15, 0.2) is 0 Å². The maximum atomic E-state index is 13.9.